The Kier molecular flexibility index (Phi) is 6.29. The lowest BCUT2D eigenvalue weighted by Gasteiger charge is -2.12. The second kappa shape index (κ2) is 9.11. The highest BCUT2D eigenvalue weighted by Crippen LogP contribution is 2.22. The molecule has 0 saturated carbocycles. The number of carbonyl (C=O) groups is 1. The largest absolute Gasteiger partial charge is 0.325 e. The van der Waals surface area contributed by atoms with E-state index in [0.717, 1.165) is 11.9 Å². The van der Waals surface area contributed by atoms with E-state index >= 15 is 0 Å². The Labute approximate surface area is 188 Å². The molecule has 9 heteroatoms. The molecule has 0 atom stereocenters. The van der Waals surface area contributed by atoms with Gasteiger partial charge in [-0.25, -0.2) is 0 Å². The minimum Gasteiger partial charge on any atom is -0.325 e. The molecule has 2 heterocycles. The molecule has 0 bridgehead atoms. The average Bonchev–Trinajstić information content (AvgIpc) is 3.17. The van der Waals surface area contributed by atoms with E-state index in [1.165, 1.54) is 11.8 Å². The van der Waals surface area contributed by atoms with Crippen molar-refractivity contribution >= 4 is 51.6 Å². The van der Waals surface area contributed by atoms with Gasteiger partial charge in [-0.3, -0.25) is 18.6 Å². The normalized spacial score (nSPS) is 11.5. The highest BCUT2D eigenvalue weighted by molar-refractivity contribution is 7.99. The lowest BCUT2D eigenvalue weighted by molar-refractivity contribution is -0.113. The SMILES string of the molecule is CC(C)CCn1c(=O)c2ccccc2n2c(SCC(=O)Nc3ccc(Cl)cc3)nnc12. The zero-order valence-electron chi connectivity index (χ0n) is 17.2. The third-order valence-corrected chi connectivity index (χ3v) is 6.05. The van der Waals surface area contributed by atoms with Crippen molar-refractivity contribution < 1.29 is 4.79 Å². The zero-order chi connectivity index (χ0) is 22.0. The van der Waals surface area contributed by atoms with Gasteiger partial charge in [0.25, 0.3) is 5.56 Å². The number of amides is 1. The van der Waals surface area contributed by atoms with Gasteiger partial charge in [-0.15, -0.1) is 10.2 Å². The first-order chi connectivity index (χ1) is 14.9. The van der Waals surface area contributed by atoms with Crippen molar-refractivity contribution in [3.63, 3.8) is 0 Å². The fourth-order valence-electron chi connectivity index (χ4n) is 3.28. The third-order valence-electron chi connectivity index (χ3n) is 4.87. The molecule has 4 rings (SSSR count). The van der Waals surface area contributed by atoms with E-state index in [4.69, 9.17) is 11.6 Å². The molecule has 0 fully saturated rings. The van der Waals surface area contributed by atoms with Crippen molar-refractivity contribution in [2.75, 3.05) is 11.1 Å². The van der Waals surface area contributed by atoms with Crippen LogP contribution in [0.2, 0.25) is 5.02 Å². The predicted octanol–water partition coefficient (Wildman–Crippen LogP) is 4.47. The summed E-state index contributed by atoms with van der Waals surface area (Å²) in [6.07, 6.45) is 0.854. The molecule has 160 valence electrons. The molecule has 0 aliphatic carbocycles. The maximum Gasteiger partial charge on any atom is 0.262 e. The summed E-state index contributed by atoms with van der Waals surface area (Å²) in [5, 5.41) is 13.2. The molecule has 2 aromatic heterocycles. The van der Waals surface area contributed by atoms with Gasteiger partial charge in [0.15, 0.2) is 5.16 Å². The van der Waals surface area contributed by atoms with Crippen LogP contribution in [-0.2, 0) is 11.3 Å². The van der Waals surface area contributed by atoms with E-state index in [1.807, 2.05) is 28.7 Å². The van der Waals surface area contributed by atoms with Crippen molar-refractivity contribution in [2.45, 2.75) is 32.0 Å². The van der Waals surface area contributed by atoms with Crippen molar-refractivity contribution in [3.8, 4) is 0 Å². The van der Waals surface area contributed by atoms with Crippen molar-refractivity contribution in [3.05, 3.63) is 63.9 Å². The van der Waals surface area contributed by atoms with Crippen LogP contribution < -0.4 is 10.9 Å². The van der Waals surface area contributed by atoms with Crippen LogP contribution in [0.15, 0.2) is 58.5 Å². The van der Waals surface area contributed by atoms with Crippen LogP contribution in [0, 0.1) is 5.92 Å². The number of halogens is 1. The number of thioether (sulfide) groups is 1. The molecule has 4 aromatic rings. The fraction of sp³-hybridized carbons (Fsp3) is 0.273. The van der Waals surface area contributed by atoms with Gasteiger partial charge < -0.3 is 5.32 Å². The molecular formula is C22H22ClN5O2S. The molecule has 7 nitrogen and oxygen atoms in total. The van der Waals surface area contributed by atoms with Gasteiger partial charge in [0, 0.05) is 17.3 Å². The first-order valence-electron chi connectivity index (χ1n) is 9.99. The molecular weight excluding hydrogens is 434 g/mol. The number of aryl methyl sites for hydroxylation is 1. The zero-order valence-corrected chi connectivity index (χ0v) is 18.8. The highest BCUT2D eigenvalue weighted by Gasteiger charge is 2.17. The summed E-state index contributed by atoms with van der Waals surface area (Å²) in [6.45, 7) is 4.80. The number of carbonyl (C=O) groups excluding carboxylic acids is 1. The van der Waals surface area contributed by atoms with E-state index in [2.05, 4.69) is 29.4 Å². The molecule has 1 amide bonds. The summed E-state index contributed by atoms with van der Waals surface area (Å²) in [6, 6.07) is 14.3. The number of fused-ring (bicyclic) bond motifs is 3. The number of para-hydroxylation sites is 1. The van der Waals surface area contributed by atoms with Gasteiger partial charge in [0.05, 0.1) is 16.7 Å². The fourth-order valence-corrected chi connectivity index (χ4v) is 4.14. The number of hydrogen-bond acceptors (Lipinski definition) is 5. The van der Waals surface area contributed by atoms with E-state index in [0.29, 0.717) is 39.5 Å². The van der Waals surface area contributed by atoms with Gasteiger partial charge in [0.2, 0.25) is 11.7 Å². The van der Waals surface area contributed by atoms with Gasteiger partial charge in [-0.1, -0.05) is 49.3 Å². The molecule has 0 saturated heterocycles. The van der Waals surface area contributed by atoms with Crippen LogP contribution in [-0.4, -0.2) is 30.8 Å². The third kappa shape index (κ3) is 4.60. The Balaban J connectivity index is 1.65. The van der Waals surface area contributed by atoms with Crippen LogP contribution in [0.4, 0.5) is 5.69 Å². The average molecular weight is 456 g/mol. The molecule has 0 aliphatic heterocycles. The number of aromatic nitrogens is 4. The standard InChI is InChI=1S/C22H22ClN5O2S/c1-14(2)11-12-27-20(30)17-5-3-4-6-18(17)28-21(27)25-26-22(28)31-13-19(29)24-16-9-7-15(23)8-10-16/h3-10,14H,11-13H2,1-2H3,(H,24,29). The number of nitrogens with one attached hydrogen (secondary N) is 1. The minimum atomic E-state index is -0.165. The first kappa shape index (κ1) is 21.4. The lowest BCUT2D eigenvalue weighted by atomic mass is 10.1. The summed E-state index contributed by atoms with van der Waals surface area (Å²) in [7, 11) is 0. The number of benzene rings is 2. The minimum absolute atomic E-state index is 0.0758. The Morgan fingerprint density at radius 1 is 1.13 bits per heavy atom. The Hall–Kier alpha value is -2.84. The second-order valence-corrected chi connectivity index (χ2v) is 9.00. The quantitative estimate of drug-likeness (QED) is 0.416. The summed E-state index contributed by atoms with van der Waals surface area (Å²) in [4.78, 5) is 25.5. The topological polar surface area (TPSA) is 81.3 Å². The molecule has 2 aromatic carbocycles. The Morgan fingerprint density at radius 3 is 2.61 bits per heavy atom. The number of hydrogen-bond donors (Lipinski definition) is 1. The molecule has 0 unspecified atom stereocenters. The van der Waals surface area contributed by atoms with Gasteiger partial charge >= 0.3 is 0 Å². The van der Waals surface area contributed by atoms with Crippen molar-refractivity contribution in [1.29, 1.82) is 0 Å². The van der Waals surface area contributed by atoms with Crippen LogP contribution in [0.3, 0.4) is 0 Å². The van der Waals surface area contributed by atoms with Gasteiger partial charge in [-0.05, 0) is 48.7 Å². The molecule has 0 aliphatic rings. The summed E-state index contributed by atoms with van der Waals surface area (Å²) in [5.74, 6) is 0.932. The predicted molar refractivity (Wildman–Crippen MR) is 125 cm³/mol. The van der Waals surface area contributed by atoms with Crippen molar-refractivity contribution in [1.82, 2.24) is 19.2 Å². The van der Waals surface area contributed by atoms with Crippen molar-refractivity contribution in [2.24, 2.45) is 5.92 Å². The van der Waals surface area contributed by atoms with E-state index < -0.39 is 0 Å². The lowest BCUT2D eigenvalue weighted by Crippen LogP contribution is -2.24. The molecule has 0 radical (unpaired) electrons. The molecule has 31 heavy (non-hydrogen) atoms. The van der Waals surface area contributed by atoms with Gasteiger partial charge in [0.1, 0.15) is 0 Å². The van der Waals surface area contributed by atoms with Crippen LogP contribution in [0.5, 0.6) is 0 Å². The Bertz CT molecular complexity index is 1300. The maximum atomic E-state index is 13.1. The number of rotatable bonds is 7. The summed E-state index contributed by atoms with van der Waals surface area (Å²) in [5.41, 5.74) is 1.33. The molecule has 1 N–H and O–H groups in total. The van der Waals surface area contributed by atoms with Crippen LogP contribution >= 0.6 is 23.4 Å². The monoisotopic (exact) mass is 455 g/mol. The number of anilines is 1. The maximum absolute atomic E-state index is 13.1. The van der Waals surface area contributed by atoms with Crippen LogP contribution in [0.1, 0.15) is 20.3 Å². The smallest absolute Gasteiger partial charge is 0.262 e. The van der Waals surface area contributed by atoms with E-state index in [9.17, 15) is 9.59 Å². The number of nitrogens with zero attached hydrogens (tertiary/aromatic N) is 4. The summed E-state index contributed by atoms with van der Waals surface area (Å²) >= 11 is 7.16. The summed E-state index contributed by atoms with van der Waals surface area (Å²) < 4.78 is 3.53. The van der Waals surface area contributed by atoms with E-state index in [1.54, 1.807) is 28.8 Å². The van der Waals surface area contributed by atoms with Crippen LogP contribution in [0.25, 0.3) is 16.7 Å². The molecule has 0 spiro atoms. The first-order valence-corrected chi connectivity index (χ1v) is 11.4. The second-order valence-electron chi connectivity index (χ2n) is 7.62. The Morgan fingerprint density at radius 2 is 1.87 bits per heavy atom. The van der Waals surface area contributed by atoms with E-state index in [-0.39, 0.29) is 17.2 Å². The van der Waals surface area contributed by atoms with Gasteiger partial charge in [-0.2, -0.15) is 0 Å². The highest BCUT2D eigenvalue weighted by atomic mass is 35.5.